The summed E-state index contributed by atoms with van der Waals surface area (Å²) in [6.07, 6.45) is 4.06. The van der Waals surface area contributed by atoms with Gasteiger partial charge in [0.15, 0.2) is 5.03 Å². The lowest BCUT2D eigenvalue weighted by Gasteiger charge is -2.12. The summed E-state index contributed by atoms with van der Waals surface area (Å²) in [5, 5.41) is 3.37. The molecule has 1 aliphatic carbocycles. The number of pyridine rings is 1. The molecule has 1 aromatic heterocycles. The zero-order chi connectivity index (χ0) is 15.5. The summed E-state index contributed by atoms with van der Waals surface area (Å²) < 4.78 is 27.0. The van der Waals surface area contributed by atoms with E-state index >= 15 is 0 Å². The molecule has 1 fully saturated rings. The van der Waals surface area contributed by atoms with Crippen molar-refractivity contribution in [3.8, 4) is 0 Å². The van der Waals surface area contributed by atoms with E-state index in [1.165, 1.54) is 12.8 Å². The maximum Gasteiger partial charge on any atom is 0.258 e. The van der Waals surface area contributed by atoms with Crippen LogP contribution in [0.3, 0.4) is 0 Å². The number of rotatable bonds is 8. The van der Waals surface area contributed by atoms with E-state index < -0.39 is 10.0 Å². The van der Waals surface area contributed by atoms with Crippen LogP contribution < -0.4 is 10.0 Å². The lowest BCUT2D eigenvalue weighted by atomic mass is 10.1. The smallest absolute Gasteiger partial charge is 0.258 e. The van der Waals surface area contributed by atoms with Crippen LogP contribution in [-0.2, 0) is 16.6 Å². The van der Waals surface area contributed by atoms with Gasteiger partial charge >= 0.3 is 0 Å². The first kappa shape index (κ1) is 16.4. The molecule has 2 N–H and O–H groups in total. The second-order valence-corrected chi connectivity index (χ2v) is 7.92. The van der Waals surface area contributed by atoms with Crippen LogP contribution in [0.2, 0.25) is 0 Å². The third-order valence-electron chi connectivity index (χ3n) is 3.81. The van der Waals surface area contributed by atoms with Gasteiger partial charge in [-0.05, 0) is 36.3 Å². The van der Waals surface area contributed by atoms with Crippen molar-refractivity contribution in [3.63, 3.8) is 0 Å². The fourth-order valence-electron chi connectivity index (χ4n) is 2.14. The number of aromatic nitrogens is 1. The molecule has 0 bridgehead atoms. The van der Waals surface area contributed by atoms with Gasteiger partial charge in [0.25, 0.3) is 10.0 Å². The molecule has 0 aliphatic heterocycles. The Bertz CT molecular complexity index is 551. The van der Waals surface area contributed by atoms with Crippen molar-refractivity contribution < 1.29 is 8.42 Å². The molecular formula is C15H25N3O2S. The highest BCUT2D eigenvalue weighted by atomic mass is 32.2. The monoisotopic (exact) mass is 311 g/mol. The normalized spacial score (nSPS) is 17.1. The highest BCUT2D eigenvalue weighted by Crippen LogP contribution is 2.36. The largest absolute Gasteiger partial charge is 0.310 e. The predicted molar refractivity (Wildman–Crippen MR) is 83.3 cm³/mol. The van der Waals surface area contributed by atoms with E-state index in [2.05, 4.69) is 35.8 Å². The van der Waals surface area contributed by atoms with Crippen molar-refractivity contribution in [2.45, 2.75) is 51.2 Å². The van der Waals surface area contributed by atoms with Crippen molar-refractivity contribution in [1.29, 1.82) is 0 Å². The Kier molecular flexibility index (Phi) is 5.35. The van der Waals surface area contributed by atoms with Gasteiger partial charge in [-0.2, -0.15) is 0 Å². The Balaban J connectivity index is 1.92. The van der Waals surface area contributed by atoms with Crippen LogP contribution in [0.5, 0.6) is 0 Å². The molecule has 0 spiro atoms. The van der Waals surface area contributed by atoms with Crippen molar-refractivity contribution in [3.05, 3.63) is 23.9 Å². The predicted octanol–water partition coefficient (Wildman–Crippen LogP) is 1.90. The first-order valence-corrected chi connectivity index (χ1v) is 9.05. The summed E-state index contributed by atoms with van der Waals surface area (Å²) in [5.74, 6) is 1.08. The summed E-state index contributed by atoms with van der Waals surface area (Å²) in [6, 6.07) is 3.77. The fourth-order valence-corrected chi connectivity index (χ4v) is 3.21. The van der Waals surface area contributed by atoms with Crippen LogP contribution in [-0.4, -0.2) is 26.0 Å². The third kappa shape index (κ3) is 5.05. The van der Waals surface area contributed by atoms with Crippen molar-refractivity contribution in [1.82, 2.24) is 15.0 Å². The molecule has 1 aliphatic rings. The average molecular weight is 311 g/mol. The van der Waals surface area contributed by atoms with Crippen LogP contribution in [0, 0.1) is 11.8 Å². The average Bonchev–Trinajstić information content (AvgIpc) is 3.27. The Hall–Kier alpha value is -0.980. The molecule has 1 saturated carbocycles. The minimum Gasteiger partial charge on any atom is -0.310 e. The molecule has 1 atom stereocenters. The van der Waals surface area contributed by atoms with Gasteiger partial charge in [-0.15, -0.1) is 0 Å². The van der Waals surface area contributed by atoms with Crippen molar-refractivity contribution in [2.75, 3.05) is 6.54 Å². The second-order valence-electron chi connectivity index (χ2n) is 6.21. The quantitative estimate of drug-likeness (QED) is 0.769. The third-order valence-corrected chi connectivity index (χ3v) is 5.15. The zero-order valence-corrected chi connectivity index (χ0v) is 13.8. The van der Waals surface area contributed by atoms with E-state index in [0.29, 0.717) is 31.0 Å². The van der Waals surface area contributed by atoms with Gasteiger partial charge in [0.05, 0.1) is 0 Å². The Morgan fingerprint density at radius 3 is 2.52 bits per heavy atom. The number of hydrogen-bond acceptors (Lipinski definition) is 4. The SMILES string of the molecule is CC(C)NCc1ccc(S(=O)(=O)NCC(C)C2CC2)nc1. The molecule has 0 amide bonds. The molecule has 5 nitrogen and oxygen atoms in total. The summed E-state index contributed by atoms with van der Waals surface area (Å²) in [7, 11) is -3.49. The molecule has 1 aromatic rings. The minimum absolute atomic E-state index is 0.0961. The van der Waals surface area contributed by atoms with Crippen LogP contribution in [0.1, 0.15) is 39.2 Å². The van der Waals surface area contributed by atoms with Gasteiger partial charge in [0.2, 0.25) is 0 Å². The Labute approximate surface area is 127 Å². The van der Waals surface area contributed by atoms with Crippen LogP contribution in [0.25, 0.3) is 0 Å². The van der Waals surface area contributed by atoms with Gasteiger partial charge in [0.1, 0.15) is 0 Å². The standard InChI is InChI=1S/C15H25N3O2S/c1-11(2)16-9-13-4-7-15(17-10-13)21(19,20)18-8-12(3)14-5-6-14/h4,7,10-12,14,16,18H,5-6,8-9H2,1-3H3. The summed E-state index contributed by atoms with van der Waals surface area (Å²) in [5.41, 5.74) is 0.981. The zero-order valence-electron chi connectivity index (χ0n) is 13.0. The van der Waals surface area contributed by atoms with Gasteiger partial charge < -0.3 is 5.32 Å². The number of hydrogen-bond donors (Lipinski definition) is 2. The molecule has 1 unspecified atom stereocenters. The maximum atomic E-state index is 12.2. The molecule has 118 valence electrons. The van der Waals surface area contributed by atoms with Gasteiger partial charge in [-0.3, -0.25) is 0 Å². The molecule has 1 heterocycles. The van der Waals surface area contributed by atoms with E-state index in [4.69, 9.17) is 0 Å². The van der Waals surface area contributed by atoms with Gasteiger partial charge in [-0.25, -0.2) is 18.1 Å². The highest BCUT2D eigenvalue weighted by molar-refractivity contribution is 7.89. The lowest BCUT2D eigenvalue weighted by Crippen LogP contribution is -2.29. The number of nitrogens with one attached hydrogen (secondary N) is 2. The topological polar surface area (TPSA) is 71.1 Å². The number of nitrogens with zero attached hydrogens (tertiary/aromatic N) is 1. The maximum absolute atomic E-state index is 12.2. The first-order chi connectivity index (χ1) is 9.88. The van der Waals surface area contributed by atoms with Gasteiger partial charge in [0, 0.05) is 25.3 Å². The van der Waals surface area contributed by atoms with Crippen LogP contribution in [0.15, 0.2) is 23.4 Å². The first-order valence-electron chi connectivity index (χ1n) is 7.56. The molecular weight excluding hydrogens is 286 g/mol. The number of sulfonamides is 1. The summed E-state index contributed by atoms with van der Waals surface area (Å²) in [6.45, 7) is 7.41. The van der Waals surface area contributed by atoms with Crippen molar-refractivity contribution in [2.24, 2.45) is 11.8 Å². The Morgan fingerprint density at radius 1 is 1.29 bits per heavy atom. The van der Waals surface area contributed by atoms with Crippen LogP contribution in [0.4, 0.5) is 0 Å². The van der Waals surface area contributed by atoms with E-state index in [-0.39, 0.29) is 5.03 Å². The lowest BCUT2D eigenvalue weighted by molar-refractivity contribution is 0.491. The highest BCUT2D eigenvalue weighted by Gasteiger charge is 2.29. The van der Waals surface area contributed by atoms with E-state index in [1.54, 1.807) is 18.3 Å². The van der Waals surface area contributed by atoms with E-state index in [0.717, 1.165) is 5.56 Å². The summed E-state index contributed by atoms with van der Waals surface area (Å²) >= 11 is 0. The molecule has 2 rings (SSSR count). The summed E-state index contributed by atoms with van der Waals surface area (Å²) in [4.78, 5) is 4.08. The van der Waals surface area contributed by atoms with Crippen LogP contribution >= 0.6 is 0 Å². The van der Waals surface area contributed by atoms with E-state index in [1.807, 2.05) is 0 Å². The molecule has 21 heavy (non-hydrogen) atoms. The molecule has 0 radical (unpaired) electrons. The minimum atomic E-state index is -3.49. The molecule has 0 saturated heterocycles. The van der Waals surface area contributed by atoms with Crippen molar-refractivity contribution >= 4 is 10.0 Å². The fraction of sp³-hybridized carbons (Fsp3) is 0.667. The Morgan fingerprint density at radius 2 is 2.00 bits per heavy atom. The molecule has 0 aromatic carbocycles. The second kappa shape index (κ2) is 6.85. The van der Waals surface area contributed by atoms with Gasteiger partial charge in [-0.1, -0.05) is 26.8 Å². The van der Waals surface area contributed by atoms with E-state index in [9.17, 15) is 8.42 Å². The molecule has 6 heteroatoms.